The zero-order valence-corrected chi connectivity index (χ0v) is 9.66. The van der Waals surface area contributed by atoms with Crippen LogP contribution in [0, 0.1) is 15.9 Å². The molecule has 2 rings (SSSR count). The lowest BCUT2D eigenvalue weighted by Gasteiger charge is -2.27. The van der Waals surface area contributed by atoms with Crippen molar-refractivity contribution in [3.05, 3.63) is 32.5 Å². The van der Waals surface area contributed by atoms with Crippen LogP contribution < -0.4 is 10.1 Å². The summed E-state index contributed by atoms with van der Waals surface area (Å²) in [6, 6.07) is 2.14. The first kappa shape index (κ1) is 11.3. The van der Waals surface area contributed by atoms with Crippen molar-refractivity contribution >= 4 is 21.6 Å². The summed E-state index contributed by atoms with van der Waals surface area (Å²) in [5, 5.41) is 13.7. The number of hydrogen-bond acceptors (Lipinski definition) is 4. The summed E-state index contributed by atoms with van der Waals surface area (Å²) >= 11 is 2.90. The van der Waals surface area contributed by atoms with Gasteiger partial charge in [-0.25, -0.2) is 4.39 Å². The highest BCUT2D eigenvalue weighted by Crippen LogP contribution is 2.33. The van der Waals surface area contributed by atoms with Gasteiger partial charge in [-0.1, -0.05) is 0 Å². The van der Waals surface area contributed by atoms with Crippen molar-refractivity contribution in [2.45, 2.75) is 6.10 Å². The average molecular weight is 291 g/mol. The standard InChI is InChI=1S/C9H8BrFN2O3/c10-6-1-8(13(14)15)9(2-7(6)11)16-5-3-12-4-5/h1-2,5,12H,3-4H2. The number of ether oxygens (including phenoxy) is 1. The largest absolute Gasteiger partial charge is 0.481 e. The number of nitro benzene ring substituents is 1. The molecule has 1 aliphatic rings. The van der Waals surface area contributed by atoms with Gasteiger partial charge in [0.25, 0.3) is 0 Å². The SMILES string of the molecule is O=[N+]([O-])c1cc(Br)c(F)cc1OC1CNC1. The molecule has 0 unspecified atom stereocenters. The highest BCUT2D eigenvalue weighted by atomic mass is 79.9. The Labute approximate surface area is 98.9 Å². The second-order valence-corrected chi connectivity index (χ2v) is 4.24. The zero-order valence-electron chi connectivity index (χ0n) is 8.07. The van der Waals surface area contributed by atoms with E-state index in [9.17, 15) is 14.5 Å². The third-order valence-electron chi connectivity index (χ3n) is 2.24. The maximum atomic E-state index is 13.2. The van der Waals surface area contributed by atoms with E-state index in [0.29, 0.717) is 13.1 Å². The first-order chi connectivity index (χ1) is 7.58. The van der Waals surface area contributed by atoms with Crippen LogP contribution in [0.3, 0.4) is 0 Å². The van der Waals surface area contributed by atoms with Gasteiger partial charge in [0.05, 0.1) is 9.40 Å². The van der Waals surface area contributed by atoms with E-state index >= 15 is 0 Å². The highest BCUT2D eigenvalue weighted by Gasteiger charge is 2.25. The van der Waals surface area contributed by atoms with E-state index in [2.05, 4.69) is 21.2 Å². The van der Waals surface area contributed by atoms with E-state index in [4.69, 9.17) is 4.74 Å². The van der Waals surface area contributed by atoms with E-state index in [1.165, 1.54) is 0 Å². The lowest BCUT2D eigenvalue weighted by Crippen LogP contribution is -2.50. The molecule has 16 heavy (non-hydrogen) atoms. The summed E-state index contributed by atoms with van der Waals surface area (Å²) in [6.07, 6.45) is -0.126. The fourth-order valence-electron chi connectivity index (χ4n) is 1.28. The molecule has 1 heterocycles. The maximum Gasteiger partial charge on any atom is 0.312 e. The fourth-order valence-corrected chi connectivity index (χ4v) is 1.61. The first-order valence-electron chi connectivity index (χ1n) is 4.58. The maximum absolute atomic E-state index is 13.2. The van der Waals surface area contributed by atoms with Crippen LogP contribution >= 0.6 is 15.9 Å². The number of rotatable bonds is 3. The zero-order chi connectivity index (χ0) is 11.7. The van der Waals surface area contributed by atoms with Crippen molar-refractivity contribution in [2.75, 3.05) is 13.1 Å². The van der Waals surface area contributed by atoms with Crippen LogP contribution in [0.15, 0.2) is 16.6 Å². The Morgan fingerprint density at radius 2 is 2.25 bits per heavy atom. The molecule has 0 aliphatic carbocycles. The van der Waals surface area contributed by atoms with Gasteiger partial charge >= 0.3 is 5.69 Å². The molecule has 7 heteroatoms. The van der Waals surface area contributed by atoms with E-state index in [-0.39, 0.29) is 22.0 Å². The van der Waals surface area contributed by atoms with Crippen molar-refractivity contribution in [1.82, 2.24) is 5.32 Å². The van der Waals surface area contributed by atoms with Gasteiger partial charge in [-0.2, -0.15) is 0 Å². The molecule has 86 valence electrons. The van der Waals surface area contributed by atoms with E-state index in [0.717, 1.165) is 12.1 Å². The van der Waals surface area contributed by atoms with Crippen LogP contribution in [0.4, 0.5) is 10.1 Å². The molecular formula is C9H8BrFN2O3. The number of halogens is 2. The number of nitrogens with one attached hydrogen (secondary N) is 1. The van der Waals surface area contributed by atoms with Gasteiger partial charge in [-0.05, 0) is 15.9 Å². The van der Waals surface area contributed by atoms with Crippen molar-refractivity contribution in [1.29, 1.82) is 0 Å². The molecule has 1 N–H and O–H groups in total. The molecule has 0 aromatic heterocycles. The summed E-state index contributed by atoms with van der Waals surface area (Å²) in [6.45, 7) is 1.24. The molecule has 0 radical (unpaired) electrons. The molecule has 0 amide bonds. The van der Waals surface area contributed by atoms with Gasteiger partial charge in [0.15, 0.2) is 5.75 Å². The number of nitrogens with zero attached hydrogens (tertiary/aromatic N) is 1. The third kappa shape index (κ3) is 2.14. The Bertz CT molecular complexity index is 437. The van der Waals surface area contributed by atoms with Crippen molar-refractivity contribution in [2.24, 2.45) is 0 Å². The monoisotopic (exact) mass is 290 g/mol. The molecule has 0 spiro atoms. The Morgan fingerprint density at radius 1 is 1.56 bits per heavy atom. The summed E-state index contributed by atoms with van der Waals surface area (Å²) in [5.74, 6) is -0.606. The number of nitro groups is 1. The summed E-state index contributed by atoms with van der Waals surface area (Å²) in [5.41, 5.74) is -0.236. The molecule has 1 aliphatic heterocycles. The molecule has 0 atom stereocenters. The van der Waals surface area contributed by atoms with E-state index in [1.54, 1.807) is 0 Å². The van der Waals surface area contributed by atoms with Crippen LogP contribution in [-0.4, -0.2) is 24.1 Å². The highest BCUT2D eigenvalue weighted by molar-refractivity contribution is 9.10. The Morgan fingerprint density at radius 3 is 2.75 bits per heavy atom. The minimum Gasteiger partial charge on any atom is -0.481 e. The predicted octanol–water partition coefficient (Wildman–Crippen LogP) is 1.85. The van der Waals surface area contributed by atoms with Crippen LogP contribution in [0.2, 0.25) is 0 Å². The van der Waals surface area contributed by atoms with Crippen molar-refractivity contribution in [3.63, 3.8) is 0 Å². The first-order valence-corrected chi connectivity index (χ1v) is 5.38. The van der Waals surface area contributed by atoms with E-state index < -0.39 is 10.7 Å². The molecule has 1 aromatic rings. The van der Waals surface area contributed by atoms with Gasteiger partial charge in [-0.15, -0.1) is 0 Å². The van der Waals surface area contributed by atoms with Crippen LogP contribution in [0.5, 0.6) is 5.75 Å². The van der Waals surface area contributed by atoms with E-state index in [1.807, 2.05) is 0 Å². The molecule has 0 bridgehead atoms. The molecule has 1 fully saturated rings. The smallest absolute Gasteiger partial charge is 0.312 e. The average Bonchev–Trinajstić information content (AvgIpc) is 2.16. The second-order valence-electron chi connectivity index (χ2n) is 3.39. The minimum atomic E-state index is -0.592. The third-order valence-corrected chi connectivity index (χ3v) is 2.84. The lowest BCUT2D eigenvalue weighted by atomic mass is 10.2. The lowest BCUT2D eigenvalue weighted by molar-refractivity contribution is -0.386. The molecule has 5 nitrogen and oxygen atoms in total. The van der Waals surface area contributed by atoms with Gasteiger partial charge in [0, 0.05) is 25.2 Å². The Balaban J connectivity index is 2.32. The fraction of sp³-hybridized carbons (Fsp3) is 0.333. The molecule has 0 saturated carbocycles. The summed E-state index contributed by atoms with van der Waals surface area (Å²) in [4.78, 5) is 10.1. The topological polar surface area (TPSA) is 64.4 Å². The van der Waals surface area contributed by atoms with Crippen molar-refractivity contribution < 1.29 is 14.1 Å². The quantitative estimate of drug-likeness (QED) is 0.682. The summed E-state index contributed by atoms with van der Waals surface area (Å²) in [7, 11) is 0. The number of hydrogen-bond donors (Lipinski definition) is 1. The Hall–Kier alpha value is -1.21. The molecular weight excluding hydrogens is 283 g/mol. The number of benzene rings is 1. The summed E-state index contributed by atoms with van der Waals surface area (Å²) < 4.78 is 18.6. The Kier molecular flexibility index (Phi) is 3.06. The second kappa shape index (κ2) is 4.34. The van der Waals surface area contributed by atoms with Gasteiger partial charge in [0.2, 0.25) is 0 Å². The van der Waals surface area contributed by atoms with Crippen LogP contribution in [0.1, 0.15) is 0 Å². The predicted molar refractivity (Wildman–Crippen MR) is 58.0 cm³/mol. The van der Waals surface area contributed by atoms with Crippen LogP contribution in [-0.2, 0) is 0 Å². The normalized spacial score (nSPS) is 15.6. The van der Waals surface area contributed by atoms with Gasteiger partial charge in [-0.3, -0.25) is 10.1 Å². The van der Waals surface area contributed by atoms with Crippen LogP contribution in [0.25, 0.3) is 0 Å². The molecule has 1 aromatic carbocycles. The van der Waals surface area contributed by atoms with Gasteiger partial charge in [0.1, 0.15) is 11.9 Å². The molecule has 1 saturated heterocycles. The van der Waals surface area contributed by atoms with Gasteiger partial charge < -0.3 is 10.1 Å². The van der Waals surface area contributed by atoms with Crippen molar-refractivity contribution in [3.8, 4) is 5.75 Å². The minimum absolute atomic E-state index is 0.0304.